The molecule has 0 aromatic rings. The van der Waals surface area contributed by atoms with Crippen molar-refractivity contribution in [3.8, 4) is 0 Å². The zero-order valence-corrected chi connectivity index (χ0v) is 24.0. The molecule has 0 aromatic heterocycles. The van der Waals surface area contributed by atoms with Crippen LogP contribution in [0.4, 0.5) is 4.39 Å². The second-order valence-corrected chi connectivity index (χ2v) is 11.3. The van der Waals surface area contributed by atoms with Gasteiger partial charge in [0.2, 0.25) is 0 Å². The van der Waals surface area contributed by atoms with E-state index in [9.17, 15) is 9.18 Å². The second kappa shape index (κ2) is 28.0. The van der Waals surface area contributed by atoms with Crippen LogP contribution in [0.3, 0.4) is 0 Å². The zero-order valence-electron chi connectivity index (χ0n) is 24.0. The van der Waals surface area contributed by atoms with Gasteiger partial charge in [0.15, 0.2) is 6.17 Å². The summed E-state index contributed by atoms with van der Waals surface area (Å²) in [4.78, 5) is 11.0. The van der Waals surface area contributed by atoms with Crippen LogP contribution in [0.1, 0.15) is 187 Å². The molecule has 0 saturated carbocycles. The van der Waals surface area contributed by atoms with Crippen molar-refractivity contribution in [2.45, 2.75) is 193 Å². The molecule has 0 spiro atoms. The molecule has 0 saturated heterocycles. The van der Waals surface area contributed by atoms with Gasteiger partial charge in [0, 0.05) is 0 Å². The van der Waals surface area contributed by atoms with Crippen molar-refractivity contribution in [2.75, 3.05) is 0 Å². The van der Waals surface area contributed by atoms with E-state index >= 15 is 0 Å². The van der Waals surface area contributed by atoms with Crippen LogP contribution in [-0.4, -0.2) is 17.2 Å². The summed E-state index contributed by atoms with van der Waals surface area (Å²) in [6.45, 7) is 4.54. The van der Waals surface area contributed by atoms with Crippen LogP contribution in [-0.2, 0) is 4.79 Å². The Kier molecular flexibility index (Phi) is 27.5. The molecule has 2 nitrogen and oxygen atoms in total. The molecule has 3 heteroatoms. The van der Waals surface area contributed by atoms with E-state index < -0.39 is 12.1 Å². The number of aliphatic carboxylic acids is 1. The minimum absolute atomic E-state index is 0.214. The van der Waals surface area contributed by atoms with Crippen LogP contribution < -0.4 is 0 Å². The standard InChI is InChI=1S/C32H63FO2/c1-3-5-7-9-11-13-15-17-19-21-23-25-27-30(29-31(33)32(34)35)28-26-24-22-20-18-16-14-12-10-8-6-4-2/h30-31H,3-29H2,1-2H3,(H,34,35). The Hall–Kier alpha value is -0.600. The number of halogens is 1. The van der Waals surface area contributed by atoms with E-state index in [0.717, 1.165) is 25.7 Å². The molecule has 0 fully saturated rings. The van der Waals surface area contributed by atoms with Gasteiger partial charge in [0.25, 0.3) is 0 Å². The Bertz CT molecular complexity index is 398. The number of rotatable bonds is 29. The van der Waals surface area contributed by atoms with E-state index in [0.29, 0.717) is 0 Å². The molecule has 0 amide bonds. The first-order valence-corrected chi connectivity index (χ1v) is 16.0. The Morgan fingerprint density at radius 2 is 0.771 bits per heavy atom. The van der Waals surface area contributed by atoms with Gasteiger partial charge in [0.1, 0.15) is 0 Å². The van der Waals surface area contributed by atoms with Gasteiger partial charge in [-0.25, -0.2) is 9.18 Å². The van der Waals surface area contributed by atoms with Crippen LogP contribution in [0.15, 0.2) is 0 Å². The van der Waals surface area contributed by atoms with Crippen molar-refractivity contribution in [1.82, 2.24) is 0 Å². The maximum atomic E-state index is 13.9. The number of unbranched alkanes of at least 4 members (excludes halogenated alkanes) is 22. The number of carboxylic acid groups (broad SMARTS) is 1. The third-order valence-electron chi connectivity index (χ3n) is 7.74. The Morgan fingerprint density at radius 1 is 0.514 bits per heavy atom. The molecule has 0 aliphatic carbocycles. The number of hydrogen-bond acceptors (Lipinski definition) is 1. The van der Waals surface area contributed by atoms with E-state index in [1.54, 1.807) is 0 Å². The van der Waals surface area contributed by atoms with Gasteiger partial charge in [-0.2, -0.15) is 0 Å². The van der Waals surface area contributed by atoms with Crippen molar-refractivity contribution in [3.63, 3.8) is 0 Å². The SMILES string of the molecule is CCCCCCCCCCCCCCC(CCCCCCCCCCCCCC)CC(F)C(=O)O. The fourth-order valence-electron chi connectivity index (χ4n) is 5.32. The van der Waals surface area contributed by atoms with Crippen molar-refractivity contribution in [2.24, 2.45) is 5.92 Å². The quantitative estimate of drug-likeness (QED) is 0.104. The van der Waals surface area contributed by atoms with Crippen molar-refractivity contribution < 1.29 is 14.3 Å². The maximum Gasteiger partial charge on any atom is 0.338 e. The lowest BCUT2D eigenvalue weighted by molar-refractivity contribution is -0.143. The highest BCUT2D eigenvalue weighted by molar-refractivity contribution is 5.71. The molecule has 0 aliphatic rings. The Balaban J connectivity index is 3.74. The lowest BCUT2D eigenvalue weighted by Gasteiger charge is -2.17. The third kappa shape index (κ3) is 26.3. The molecular formula is C32H63FO2. The van der Waals surface area contributed by atoms with Gasteiger partial charge in [-0.1, -0.05) is 181 Å². The summed E-state index contributed by atoms with van der Waals surface area (Å²) in [6, 6.07) is 0. The molecule has 1 unspecified atom stereocenters. The highest BCUT2D eigenvalue weighted by Crippen LogP contribution is 2.25. The number of alkyl halides is 1. The van der Waals surface area contributed by atoms with Gasteiger partial charge in [-0.15, -0.1) is 0 Å². The molecule has 0 rings (SSSR count). The van der Waals surface area contributed by atoms with Gasteiger partial charge < -0.3 is 5.11 Å². The zero-order chi connectivity index (χ0) is 25.8. The van der Waals surface area contributed by atoms with Gasteiger partial charge >= 0.3 is 5.97 Å². The molecule has 1 atom stereocenters. The average Bonchev–Trinajstić information content (AvgIpc) is 2.84. The number of carbonyl (C=O) groups is 1. The highest BCUT2D eigenvalue weighted by atomic mass is 19.1. The monoisotopic (exact) mass is 498 g/mol. The van der Waals surface area contributed by atoms with Crippen molar-refractivity contribution in [1.29, 1.82) is 0 Å². The fourth-order valence-corrected chi connectivity index (χ4v) is 5.32. The Labute approximate surface area is 219 Å². The number of carboxylic acids is 1. The molecule has 0 aromatic carbocycles. The largest absolute Gasteiger partial charge is 0.479 e. The predicted octanol–water partition coefficient (Wildman–Crippen LogP) is 11.6. The normalized spacial score (nSPS) is 12.5. The minimum Gasteiger partial charge on any atom is -0.479 e. The summed E-state index contributed by atoms with van der Waals surface area (Å²) in [5.74, 6) is -1.04. The summed E-state index contributed by atoms with van der Waals surface area (Å²) in [7, 11) is 0. The molecule has 210 valence electrons. The van der Waals surface area contributed by atoms with Crippen LogP contribution in [0.5, 0.6) is 0 Å². The first-order chi connectivity index (χ1) is 17.1. The summed E-state index contributed by atoms with van der Waals surface area (Å²) in [5, 5.41) is 9.00. The predicted molar refractivity (Wildman–Crippen MR) is 152 cm³/mol. The van der Waals surface area contributed by atoms with Crippen molar-refractivity contribution >= 4 is 5.97 Å². The topological polar surface area (TPSA) is 37.3 Å². The summed E-state index contributed by atoms with van der Waals surface area (Å²) in [6.07, 6.45) is 32.5. The lowest BCUT2D eigenvalue weighted by atomic mass is 9.89. The minimum atomic E-state index is -1.69. The van der Waals surface area contributed by atoms with Crippen LogP contribution >= 0.6 is 0 Å². The average molecular weight is 499 g/mol. The van der Waals surface area contributed by atoms with Crippen LogP contribution in [0.2, 0.25) is 0 Å². The van der Waals surface area contributed by atoms with E-state index in [4.69, 9.17) is 5.11 Å². The van der Waals surface area contributed by atoms with E-state index in [2.05, 4.69) is 13.8 Å². The first-order valence-electron chi connectivity index (χ1n) is 16.0. The summed E-state index contributed by atoms with van der Waals surface area (Å²) < 4.78 is 13.9. The van der Waals surface area contributed by atoms with E-state index in [1.807, 2.05) is 0 Å². The first kappa shape index (κ1) is 34.4. The molecule has 35 heavy (non-hydrogen) atoms. The molecular weight excluding hydrogens is 435 g/mol. The Morgan fingerprint density at radius 3 is 1.03 bits per heavy atom. The summed E-state index contributed by atoms with van der Waals surface area (Å²) in [5.41, 5.74) is 0. The molecule has 1 N–H and O–H groups in total. The smallest absolute Gasteiger partial charge is 0.338 e. The van der Waals surface area contributed by atoms with Gasteiger partial charge in [-0.3, -0.25) is 0 Å². The summed E-state index contributed by atoms with van der Waals surface area (Å²) >= 11 is 0. The highest BCUT2D eigenvalue weighted by Gasteiger charge is 2.21. The van der Waals surface area contributed by atoms with Crippen LogP contribution in [0.25, 0.3) is 0 Å². The molecule has 0 heterocycles. The second-order valence-electron chi connectivity index (χ2n) is 11.3. The van der Waals surface area contributed by atoms with Gasteiger partial charge in [-0.05, 0) is 12.3 Å². The van der Waals surface area contributed by atoms with Gasteiger partial charge in [0.05, 0.1) is 0 Å². The lowest BCUT2D eigenvalue weighted by Crippen LogP contribution is -2.19. The molecule has 0 radical (unpaired) electrons. The van der Waals surface area contributed by atoms with Crippen LogP contribution in [0, 0.1) is 5.92 Å². The maximum absolute atomic E-state index is 13.9. The fraction of sp³-hybridized carbons (Fsp3) is 0.969. The van der Waals surface area contributed by atoms with E-state index in [-0.39, 0.29) is 12.3 Å². The molecule has 0 bridgehead atoms. The van der Waals surface area contributed by atoms with Crippen molar-refractivity contribution in [3.05, 3.63) is 0 Å². The number of hydrogen-bond donors (Lipinski definition) is 1. The van der Waals surface area contributed by atoms with E-state index in [1.165, 1.54) is 141 Å². The molecule has 0 aliphatic heterocycles. The third-order valence-corrected chi connectivity index (χ3v) is 7.74.